The highest BCUT2D eigenvalue weighted by Gasteiger charge is 2.12. The second kappa shape index (κ2) is 7.45. The van der Waals surface area contributed by atoms with Gasteiger partial charge in [-0.1, -0.05) is 12.1 Å². The Bertz CT molecular complexity index is 409. The summed E-state index contributed by atoms with van der Waals surface area (Å²) in [6.07, 6.45) is 1.57. The fraction of sp³-hybridized carbons (Fsp3) is 0.308. The lowest BCUT2D eigenvalue weighted by Gasteiger charge is -2.19. The molecule has 0 aliphatic carbocycles. The first-order chi connectivity index (χ1) is 8.67. The van der Waals surface area contributed by atoms with Crippen molar-refractivity contribution in [2.24, 2.45) is 0 Å². The Labute approximate surface area is 105 Å². The van der Waals surface area contributed by atoms with Crippen LogP contribution in [0.2, 0.25) is 0 Å². The lowest BCUT2D eigenvalue weighted by Crippen LogP contribution is -2.37. The molecule has 0 aliphatic heterocycles. The fourth-order valence-electron chi connectivity index (χ4n) is 1.39. The quantitative estimate of drug-likeness (QED) is 0.743. The molecule has 98 valence electrons. The van der Waals surface area contributed by atoms with E-state index in [0.717, 1.165) is 0 Å². The Morgan fingerprint density at radius 2 is 2.33 bits per heavy atom. The summed E-state index contributed by atoms with van der Waals surface area (Å²) in [5.41, 5.74) is 0. The van der Waals surface area contributed by atoms with Gasteiger partial charge >= 0.3 is 0 Å². The van der Waals surface area contributed by atoms with E-state index >= 15 is 0 Å². The molecule has 18 heavy (non-hydrogen) atoms. The average molecular weight is 253 g/mol. The van der Waals surface area contributed by atoms with Crippen molar-refractivity contribution in [2.75, 3.05) is 26.3 Å². The summed E-state index contributed by atoms with van der Waals surface area (Å²) >= 11 is 0. The lowest BCUT2D eigenvalue weighted by molar-refractivity contribution is -0.133. The largest absolute Gasteiger partial charge is 0.484 e. The number of aliphatic hydroxyl groups excluding tert-OH is 1. The van der Waals surface area contributed by atoms with Crippen molar-refractivity contribution < 1.29 is 19.0 Å². The van der Waals surface area contributed by atoms with Gasteiger partial charge in [-0.15, -0.1) is 6.58 Å². The second-order valence-electron chi connectivity index (χ2n) is 3.60. The lowest BCUT2D eigenvalue weighted by atomic mass is 10.3. The van der Waals surface area contributed by atoms with Gasteiger partial charge < -0.3 is 14.7 Å². The van der Waals surface area contributed by atoms with Crippen LogP contribution in [0.15, 0.2) is 36.9 Å². The van der Waals surface area contributed by atoms with Gasteiger partial charge in [-0.2, -0.15) is 0 Å². The summed E-state index contributed by atoms with van der Waals surface area (Å²) in [6, 6.07) is 5.58. The summed E-state index contributed by atoms with van der Waals surface area (Å²) < 4.78 is 18.0. The number of aliphatic hydroxyl groups is 1. The van der Waals surface area contributed by atoms with Gasteiger partial charge in [0.1, 0.15) is 11.6 Å². The molecule has 0 aliphatic rings. The molecule has 5 heteroatoms. The third-order valence-corrected chi connectivity index (χ3v) is 2.23. The van der Waals surface area contributed by atoms with E-state index < -0.39 is 5.82 Å². The van der Waals surface area contributed by atoms with E-state index in [-0.39, 0.29) is 25.7 Å². The molecule has 1 aromatic rings. The molecule has 0 atom stereocenters. The summed E-state index contributed by atoms with van der Waals surface area (Å²) in [6.45, 7) is 3.77. The third-order valence-electron chi connectivity index (χ3n) is 2.23. The van der Waals surface area contributed by atoms with Crippen LogP contribution in [-0.2, 0) is 4.79 Å². The molecule has 1 N–H and O–H groups in total. The van der Waals surface area contributed by atoms with Gasteiger partial charge in [-0.05, 0) is 12.1 Å². The summed E-state index contributed by atoms with van der Waals surface area (Å²) in [7, 11) is 0. The van der Waals surface area contributed by atoms with Gasteiger partial charge in [-0.3, -0.25) is 4.79 Å². The van der Waals surface area contributed by atoms with Gasteiger partial charge in [0.2, 0.25) is 0 Å². The van der Waals surface area contributed by atoms with Crippen LogP contribution < -0.4 is 4.74 Å². The predicted molar refractivity (Wildman–Crippen MR) is 65.8 cm³/mol. The van der Waals surface area contributed by atoms with Crippen molar-refractivity contribution in [3.63, 3.8) is 0 Å². The van der Waals surface area contributed by atoms with Crippen LogP contribution in [0.25, 0.3) is 0 Å². The Hall–Kier alpha value is -1.88. The number of carbonyl (C=O) groups is 1. The van der Waals surface area contributed by atoms with Crippen molar-refractivity contribution in [2.45, 2.75) is 0 Å². The van der Waals surface area contributed by atoms with E-state index in [0.29, 0.717) is 12.3 Å². The van der Waals surface area contributed by atoms with Crippen LogP contribution in [0.3, 0.4) is 0 Å². The minimum atomic E-state index is -0.418. The van der Waals surface area contributed by atoms with Gasteiger partial charge in [-0.25, -0.2) is 4.39 Å². The Kier molecular flexibility index (Phi) is 5.87. The van der Waals surface area contributed by atoms with Crippen molar-refractivity contribution in [1.29, 1.82) is 0 Å². The number of carbonyl (C=O) groups excluding carboxylic acids is 1. The van der Waals surface area contributed by atoms with Crippen LogP contribution in [0.4, 0.5) is 4.39 Å². The van der Waals surface area contributed by atoms with E-state index in [1.165, 1.54) is 23.1 Å². The van der Waals surface area contributed by atoms with Crippen LogP contribution >= 0.6 is 0 Å². The van der Waals surface area contributed by atoms with Crippen LogP contribution in [0.1, 0.15) is 0 Å². The van der Waals surface area contributed by atoms with E-state index in [9.17, 15) is 9.18 Å². The van der Waals surface area contributed by atoms with Crippen molar-refractivity contribution in [3.8, 4) is 5.75 Å². The molecule has 1 rings (SSSR count). The highest BCUT2D eigenvalue weighted by atomic mass is 19.1. The van der Waals surface area contributed by atoms with Crippen molar-refractivity contribution in [3.05, 3.63) is 42.7 Å². The minimum Gasteiger partial charge on any atom is -0.484 e. The maximum absolute atomic E-state index is 12.9. The Morgan fingerprint density at radius 1 is 1.56 bits per heavy atom. The molecule has 0 fully saturated rings. The number of halogens is 1. The summed E-state index contributed by atoms with van der Waals surface area (Å²) in [4.78, 5) is 13.1. The van der Waals surface area contributed by atoms with E-state index in [1.807, 2.05) is 0 Å². The predicted octanol–water partition coefficient (Wildman–Crippen LogP) is 1.21. The SMILES string of the molecule is C=CCN(CCO)C(=O)COc1cccc(F)c1. The zero-order chi connectivity index (χ0) is 13.4. The van der Waals surface area contributed by atoms with Crippen molar-refractivity contribution in [1.82, 2.24) is 4.90 Å². The monoisotopic (exact) mass is 253 g/mol. The molecule has 1 amide bonds. The zero-order valence-electron chi connectivity index (χ0n) is 10.0. The third kappa shape index (κ3) is 4.55. The molecule has 1 aromatic carbocycles. The average Bonchev–Trinajstić information content (AvgIpc) is 2.36. The maximum Gasteiger partial charge on any atom is 0.260 e. The minimum absolute atomic E-state index is 0.125. The number of rotatable bonds is 7. The number of ether oxygens (including phenoxy) is 1. The topological polar surface area (TPSA) is 49.8 Å². The summed E-state index contributed by atoms with van der Waals surface area (Å²) in [5.74, 6) is -0.405. The molecule has 0 radical (unpaired) electrons. The molecule has 0 spiro atoms. The zero-order valence-corrected chi connectivity index (χ0v) is 10.0. The number of hydrogen-bond acceptors (Lipinski definition) is 3. The highest BCUT2D eigenvalue weighted by molar-refractivity contribution is 5.77. The number of benzene rings is 1. The van der Waals surface area contributed by atoms with Crippen LogP contribution in [0.5, 0.6) is 5.75 Å². The maximum atomic E-state index is 12.9. The van der Waals surface area contributed by atoms with E-state index in [2.05, 4.69) is 6.58 Å². The molecule has 0 aromatic heterocycles. The first-order valence-corrected chi connectivity index (χ1v) is 5.55. The fourth-order valence-corrected chi connectivity index (χ4v) is 1.39. The van der Waals surface area contributed by atoms with Crippen LogP contribution in [0, 0.1) is 5.82 Å². The van der Waals surface area contributed by atoms with E-state index in [1.54, 1.807) is 12.1 Å². The summed E-state index contributed by atoms with van der Waals surface area (Å²) in [5, 5.41) is 8.82. The molecular weight excluding hydrogens is 237 g/mol. The molecule has 0 heterocycles. The van der Waals surface area contributed by atoms with Gasteiger partial charge in [0.15, 0.2) is 6.61 Å². The first kappa shape index (κ1) is 14.2. The smallest absolute Gasteiger partial charge is 0.260 e. The second-order valence-corrected chi connectivity index (χ2v) is 3.60. The van der Waals surface area contributed by atoms with Gasteiger partial charge in [0.05, 0.1) is 6.61 Å². The molecule has 0 bridgehead atoms. The number of hydrogen-bond donors (Lipinski definition) is 1. The molecular formula is C13H16FNO3. The number of amides is 1. The van der Waals surface area contributed by atoms with Crippen molar-refractivity contribution >= 4 is 5.91 Å². The number of nitrogens with zero attached hydrogens (tertiary/aromatic N) is 1. The highest BCUT2D eigenvalue weighted by Crippen LogP contribution is 2.11. The molecule has 0 saturated carbocycles. The van der Waals surface area contributed by atoms with E-state index in [4.69, 9.17) is 9.84 Å². The van der Waals surface area contributed by atoms with Crippen LogP contribution in [-0.4, -0.2) is 42.2 Å². The molecule has 0 saturated heterocycles. The van der Waals surface area contributed by atoms with Gasteiger partial charge in [0, 0.05) is 19.2 Å². The Morgan fingerprint density at radius 3 is 2.94 bits per heavy atom. The Balaban J connectivity index is 2.50. The standard InChI is InChI=1S/C13H16FNO3/c1-2-6-15(7-8-16)13(17)10-18-12-5-3-4-11(14)9-12/h2-5,9,16H,1,6-8,10H2. The molecule has 0 unspecified atom stereocenters. The van der Waals surface area contributed by atoms with Gasteiger partial charge in [0.25, 0.3) is 5.91 Å². The first-order valence-electron chi connectivity index (χ1n) is 5.55. The molecule has 4 nitrogen and oxygen atoms in total. The normalized spacial score (nSPS) is 9.89.